The molecule has 0 saturated carbocycles. The van der Waals surface area contributed by atoms with Crippen LogP contribution in [0.3, 0.4) is 0 Å². The van der Waals surface area contributed by atoms with Crippen LogP contribution in [0.4, 0.5) is 0 Å². The molecule has 0 atom stereocenters. The van der Waals surface area contributed by atoms with Crippen LogP contribution in [0.5, 0.6) is 5.88 Å². The Kier molecular flexibility index (Phi) is 3.91. The van der Waals surface area contributed by atoms with Crippen LogP contribution in [0, 0.1) is 0 Å². The fourth-order valence-corrected chi connectivity index (χ4v) is 1.86. The van der Waals surface area contributed by atoms with Gasteiger partial charge in [0, 0.05) is 23.4 Å². The van der Waals surface area contributed by atoms with Crippen molar-refractivity contribution in [2.45, 2.75) is 6.61 Å². The van der Waals surface area contributed by atoms with Crippen molar-refractivity contribution in [3.05, 3.63) is 53.7 Å². The predicted octanol–water partition coefficient (Wildman–Crippen LogP) is 1.90. The van der Waals surface area contributed by atoms with Crippen molar-refractivity contribution >= 4 is 24.8 Å². The third kappa shape index (κ3) is 2.97. The van der Waals surface area contributed by atoms with Crippen LogP contribution >= 0.6 is 12.8 Å². The van der Waals surface area contributed by atoms with E-state index in [0.717, 1.165) is 5.56 Å². The summed E-state index contributed by atoms with van der Waals surface area (Å²) in [5, 5.41) is 3.97. The van der Waals surface area contributed by atoms with E-state index in [0.29, 0.717) is 17.0 Å². The van der Waals surface area contributed by atoms with Gasteiger partial charge in [-0.2, -0.15) is 0 Å². The quantitative estimate of drug-likeness (QED) is 0.819. The van der Waals surface area contributed by atoms with Crippen molar-refractivity contribution in [1.29, 1.82) is 0 Å². The largest absolute Gasteiger partial charge is 0.472 e. The van der Waals surface area contributed by atoms with Gasteiger partial charge in [0.1, 0.15) is 6.61 Å². The number of primary amides is 1. The minimum atomic E-state index is -0.498. The Bertz CT molecular complexity index is 622. The lowest BCUT2D eigenvalue weighted by atomic mass is 10.0. The van der Waals surface area contributed by atoms with E-state index in [9.17, 15) is 4.79 Å². The first-order chi connectivity index (χ1) is 9.11. The first kappa shape index (κ1) is 13.2. The summed E-state index contributed by atoms with van der Waals surface area (Å²) in [6, 6.07) is 6.93. The lowest BCUT2D eigenvalue weighted by molar-refractivity contribution is 0.0997. The molecule has 2 N–H and O–H groups in total. The Morgan fingerprint density at radius 1 is 1.53 bits per heavy atom. The second kappa shape index (κ2) is 5.62. The van der Waals surface area contributed by atoms with E-state index in [4.69, 9.17) is 10.5 Å². The topological polar surface area (TPSA) is 70.1 Å². The van der Waals surface area contributed by atoms with Crippen molar-refractivity contribution in [3.63, 3.8) is 0 Å². The number of nitrogens with zero attached hydrogens (tertiary/aromatic N) is 2. The first-order valence-corrected chi connectivity index (χ1v) is 5.93. The van der Waals surface area contributed by atoms with Gasteiger partial charge in [0.25, 0.3) is 0 Å². The minimum Gasteiger partial charge on any atom is -0.472 e. The lowest BCUT2D eigenvalue weighted by Gasteiger charge is -2.10. The van der Waals surface area contributed by atoms with Gasteiger partial charge in [-0.05, 0) is 24.4 Å². The molecule has 0 spiro atoms. The molecular formula is C13H13N3O2S. The molecule has 0 aliphatic rings. The maximum absolute atomic E-state index is 11.4. The van der Waals surface area contributed by atoms with Crippen molar-refractivity contribution < 1.29 is 9.53 Å². The number of carbonyl (C=O) groups excluding carboxylic acids is 1. The van der Waals surface area contributed by atoms with Crippen molar-refractivity contribution in [3.8, 4) is 5.88 Å². The molecule has 1 amide bonds. The number of hydrogen-bond acceptors (Lipinski definition) is 4. The minimum absolute atomic E-state index is 0.186. The molecule has 0 saturated heterocycles. The normalized spacial score (nSPS) is 10.2. The van der Waals surface area contributed by atoms with Gasteiger partial charge in [-0.15, -0.1) is 5.10 Å². The number of amides is 1. The fourth-order valence-electron chi connectivity index (χ4n) is 1.71. The summed E-state index contributed by atoms with van der Waals surface area (Å²) < 4.78 is 6.85. The zero-order valence-corrected chi connectivity index (χ0v) is 11.0. The van der Waals surface area contributed by atoms with E-state index >= 15 is 0 Å². The van der Waals surface area contributed by atoms with Gasteiger partial charge < -0.3 is 10.5 Å². The lowest BCUT2D eigenvalue weighted by Crippen LogP contribution is -2.15. The van der Waals surface area contributed by atoms with Crippen molar-refractivity contribution in [2.24, 2.45) is 5.73 Å². The van der Waals surface area contributed by atoms with Crippen LogP contribution in [0.15, 0.2) is 37.0 Å². The molecule has 0 aliphatic heterocycles. The maximum atomic E-state index is 11.4. The molecule has 0 aliphatic carbocycles. The average molecular weight is 275 g/mol. The van der Waals surface area contributed by atoms with E-state index in [2.05, 4.69) is 24.5 Å². The molecule has 1 aromatic heterocycles. The van der Waals surface area contributed by atoms with E-state index in [-0.39, 0.29) is 6.61 Å². The van der Waals surface area contributed by atoms with Crippen LogP contribution in [0.2, 0.25) is 0 Å². The molecule has 6 heteroatoms. The molecule has 1 heterocycles. The van der Waals surface area contributed by atoms with Crippen LogP contribution in [-0.4, -0.2) is 15.1 Å². The summed E-state index contributed by atoms with van der Waals surface area (Å²) in [7, 11) is 0. The summed E-state index contributed by atoms with van der Waals surface area (Å²) in [6.07, 6.45) is 3.30. The Morgan fingerprint density at radius 2 is 2.32 bits per heavy atom. The zero-order valence-electron chi connectivity index (χ0n) is 10.1. The summed E-state index contributed by atoms with van der Waals surface area (Å²) in [6.45, 7) is 3.90. The average Bonchev–Trinajstić information content (AvgIpc) is 2.81. The van der Waals surface area contributed by atoms with Crippen LogP contribution in [-0.2, 0) is 6.61 Å². The number of benzene rings is 1. The van der Waals surface area contributed by atoms with Gasteiger partial charge in [-0.1, -0.05) is 24.8 Å². The maximum Gasteiger partial charge on any atom is 0.249 e. The molecule has 0 bridgehead atoms. The Hall–Kier alpha value is -2.21. The van der Waals surface area contributed by atoms with E-state index in [1.54, 1.807) is 30.5 Å². The van der Waals surface area contributed by atoms with Gasteiger partial charge >= 0.3 is 0 Å². The number of carbonyl (C=O) groups is 1. The molecular weight excluding hydrogens is 262 g/mol. The third-order valence-corrected chi connectivity index (χ3v) is 2.84. The number of ether oxygens (including phenoxy) is 1. The molecule has 98 valence electrons. The highest BCUT2D eigenvalue weighted by atomic mass is 32.1. The molecule has 2 aromatic rings. The molecule has 19 heavy (non-hydrogen) atoms. The van der Waals surface area contributed by atoms with Gasteiger partial charge in [-0.25, -0.2) is 4.09 Å². The van der Waals surface area contributed by atoms with Gasteiger partial charge in [0.05, 0.1) is 0 Å². The van der Waals surface area contributed by atoms with E-state index in [1.165, 1.54) is 4.09 Å². The first-order valence-electron chi connectivity index (χ1n) is 5.53. The highest BCUT2D eigenvalue weighted by Gasteiger charge is 2.12. The molecule has 0 radical (unpaired) electrons. The third-order valence-electron chi connectivity index (χ3n) is 2.61. The molecule has 5 nitrogen and oxygen atoms in total. The Labute approximate surface area is 116 Å². The van der Waals surface area contributed by atoms with Crippen LogP contribution in [0.25, 0.3) is 6.08 Å². The number of thiol groups is 1. The Morgan fingerprint density at radius 3 is 2.89 bits per heavy atom. The Balaban J connectivity index is 2.27. The van der Waals surface area contributed by atoms with Gasteiger partial charge in [0.2, 0.25) is 11.8 Å². The number of hydrogen-bond donors (Lipinski definition) is 2. The van der Waals surface area contributed by atoms with Crippen LogP contribution < -0.4 is 10.5 Å². The summed E-state index contributed by atoms with van der Waals surface area (Å²) >= 11 is 4.01. The SMILES string of the molecule is C=Cc1cccc(C(N)=O)c1COc1ccn(S)n1. The number of rotatable bonds is 5. The van der Waals surface area contributed by atoms with Crippen LogP contribution in [0.1, 0.15) is 21.5 Å². The zero-order chi connectivity index (χ0) is 13.8. The second-order valence-corrected chi connectivity index (χ2v) is 4.21. The highest BCUT2D eigenvalue weighted by molar-refractivity contribution is 7.78. The number of aromatic nitrogens is 2. The molecule has 0 unspecified atom stereocenters. The summed E-state index contributed by atoms with van der Waals surface area (Å²) in [4.78, 5) is 11.4. The van der Waals surface area contributed by atoms with Gasteiger partial charge in [-0.3, -0.25) is 4.79 Å². The summed E-state index contributed by atoms with van der Waals surface area (Å²) in [5.74, 6) is -0.0775. The predicted molar refractivity (Wildman–Crippen MR) is 76.0 cm³/mol. The van der Waals surface area contributed by atoms with Gasteiger partial charge in [0.15, 0.2) is 0 Å². The second-order valence-electron chi connectivity index (χ2n) is 3.80. The van der Waals surface area contributed by atoms with E-state index < -0.39 is 5.91 Å². The van der Waals surface area contributed by atoms with Crippen molar-refractivity contribution in [2.75, 3.05) is 0 Å². The molecule has 1 aromatic carbocycles. The van der Waals surface area contributed by atoms with Crippen molar-refractivity contribution in [1.82, 2.24) is 9.19 Å². The standard InChI is InChI=1S/C13H13N3O2S/c1-2-9-4-3-5-10(13(14)17)11(9)8-18-12-6-7-16(19)15-12/h2-7,19H,1,8H2,(H2,14,17). The monoisotopic (exact) mass is 275 g/mol. The molecule has 2 rings (SSSR count). The molecule has 0 fully saturated rings. The van der Waals surface area contributed by atoms with E-state index in [1.807, 2.05) is 6.07 Å². The fraction of sp³-hybridized carbons (Fsp3) is 0.0769. The highest BCUT2D eigenvalue weighted by Crippen LogP contribution is 2.18. The summed E-state index contributed by atoms with van der Waals surface area (Å²) in [5.41, 5.74) is 7.27. The number of nitrogens with two attached hydrogens (primary N) is 1. The smallest absolute Gasteiger partial charge is 0.249 e.